The molecule has 2 aromatic heterocycles. The fourth-order valence-electron chi connectivity index (χ4n) is 4.76. The molecule has 2 aliphatic rings. The number of aryl methyl sites for hydroxylation is 1. The summed E-state index contributed by atoms with van der Waals surface area (Å²) in [5.41, 5.74) is 0.557. The number of nitrogens with zero attached hydrogens (tertiary/aromatic N) is 4. The Morgan fingerprint density at radius 1 is 1.23 bits per heavy atom. The van der Waals surface area contributed by atoms with Crippen molar-refractivity contribution in [3.05, 3.63) is 58.6 Å². The van der Waals surface area contributed by atoms with Gasteiger partial charge in [-0.05, 0) is 32.0 Å². The summed E-state index contributed by atoms with van der Waals surface area (Å²) in [6.45, 7) is 4.40. The molecule has 5 rings (SSSR count). The molecule has 1 aromatic carbocycles. The maximum absolute atomic E-state index is 13.2. The van der Waals surface area contributed by atoms with Gasteiger partial charge < -0.3 is 19.5 Å². The van der Waals surface area contributed by atoms with Crippen molar-refractivity contribution in [2.24, 2.45) is 0 Å². The van der Waals surface area contributed by atoms with E-state index in [1.807, 2.05) is 6.92 Å². The number of hydrogen-bond acceptors (Lipinski definition) is 9. The van der Waals surface area contributed by atoms with Gasteiger partial charge in [0.2, 0.25) is 5.82 Å². The number of aromatic nitrogens is 3. The van der Waals surface area contributed by atoms with E-state index in [2.05, 4.69) is 20.3 Å². The van der Waals surface area contributed by atoms with Crippen molar-refractivity contribution in [1.82, 2.24) is 25.2 Å². The second-order valence-electron chi connectivity index (χ2n) is 9.79. The SMILES string of the molecule is COC(=O)N1CC2(COc3cc(C(=O)NC(C)c4cnc(C(F)(F)F)nc4)cc(-c4ncc(C)s4)c3)CC1CO2. The van der Waals surface area contributed by atoms with Crippen LogP contribution in [-0.2, 0) is 15.7 Å². The number of rotatable bonds is 7. The van der Waals surface area contributed by atoms with Crippen molar-refractivity contribution < 1.29 is 37.0 Å². The monoisotopic (exact) mass is 577 g/mol. The zero-order chi connectivity index (χ0) is 28.7. The van der Waals surface area contributed by atoms with Crippen molar-refractivity contribution in [3.8, 4) is 16.3 Å². The average molecular weight is 578 g/mol. The van der Waals surface area contributed by atoms with Gasteiger partial charge in [0, 0.05) is 46.6 Å². The zero-order valence-corrected chi connectivity index (χ0v) is 22.6. The first kappa shape index (κ1) is 27.8. The molecular formula is C26H26F3N5O5S. The molecule has 0 radical (unpaired) electrons. The molecule has 3 atom stereocenters. The van der Waals surface area contributed by atoms with Crippen LogP contribution >= 0.6 is 11.3 Å². The number of halogens is 3. The van der Waals surface area contributed by atoms with E-state index in [0.29, 0.717) is 41.5 Å². The van der Waals surface area contributed by atoms with Gasteiger partial charge in [0.1, 0.15) is 23.0 Å². The predicted molar refractivity (Wildman–Crippen MR) is 137 cm³/mol. The van der Waals surface area contributed by atoms with Gasteiger partial charge in [-0.3, -0.25) is 9.69 Å². The summed E-state index contributed by atoms with van der Waals surface area (Å²) in [6, 6.07) is 4.27. The van der Waals surface area contributed by atoms with E-state index in [-0.39, 0.29) is 18.2 Å². The van der Waals surface area contributed by atoms with E-state index in [9.17, 15) is 22.8 Å². The number of methoxy groups -OCH3 is 1. The minimum Gasteiger partial charge on any atom is -0.490 e. The molecule has 2 bridgehead atoms. The first-order valence-corrected chi connectivity index (χ1v) is 13.2. The molecule has 0 aliphatic carbocycles. The Balaban J connectivity index is 1.35. The molecule has 1 N–H and O–H groups in total. The molecule has 0 spiro atoms. The van der Waals surface area contributed by atoms with Crippen LogP contribution < -0.4 is 10.1 Å². The molecule has 212 valence electrons. The summed E-state index contributed by atoms with van der Waals surface area (Å²) < 4.78 is 55.4. The van der Waals surface area contributed by atoms with Gasteiger partial charge in [-0.2, -0.15) is 13.2 Å². The molecule has 2 fully saturated rings. The third-order valence-corrected chi connectivity index (χ3v) is 7.77. The number of amides is 2. The Morgan fingerprint density at radius 2 is 1.98 bits per heavy atom. The molecule has 3 unspecified atom stereocenters. The highest BCUT2D eigenvalue weighted by Crippen LogP contribution is 2.39. The first-order valence-electron chi connectivity index (χ1n) is 12.4. The molecule has 40 heavy (non-hydrogen) atoms. The Morgan fingerprint density at radius 3 is 2.62 bits per heavy atom. The Hall–Kier alpha value is -3.78. The van der Waals surface area contributed by atoms with Crippen LogP contribution in [0.4, 0.5) is 18.0 Å². The van der Waals surface area contributed by atoms with Crippen molar-refractivity contribution in [2.45, 2.75) is 44.1 Å². The first-order chi connectivity index (χ1) is 19.0. The fourth-order valence-corrected chi connectivity index (χ4v) is 5.51. The number of nitrogens with one attached hydrogen (secondary N) is 1. The van der Waals surface area contributed by atoms with Crippen LogP contribution in [0, 0.1) is 6.92 Å². The molecular weight excluding hydrogens is 551 g/mol. The third-order valence-electron chi connectivity index (χ3n) is 6.81. The van der Waals surface area contributed by atoms with Crippen molar-refractivity contribution >= 4 is 23.3 Å². The van der Waals surface area contributed by atoms with Gasteiger partial charge in [0.15, 0.2) is 0 Å². The molecule has 2 saturated heterocycles. The number of benzene rings is 1. The number of carbonyl (C=O) groups is 2. The number of thiazole rings is 1. The highest BCUT2D eigenvalue weighted by atomic mass is 32.1. The number of likely N-dealkylation sites (tertiary alicyclic amines) is 1. The van der Waals surface area contributed by atoms with E-state index in [0.717, 1.165) is 17.3 Å². The summed E-state index contributed by atoms with van der Waals surface area (Å²) in [5.74, 6) is -1.32. The van der Waals surface area contributed by atoms with Crippen molar-refractivity contribution in [3.63, 3.8) is 0 Å². The van der Waals surface area contributed by atoms with Crippen LogP contribution in [0.5, 0.6) is 5.75 Å². The molecule has 4 heterocycles. The lowest BCUT2D eigenvalue weighted by Gasteiger charge is -2.31. The van der Waals surface area contributed by atoms with E-state index >= 15 is 0 Å². The lowest BCUT2D eigenvalue weighted by molar-refractivity contribution is -0.145. The van der Waals surface area contributed by atoms with Gasteiger partial charge in [0.05, 0.1) is 32.3 Å². The van der Waals surface area contributed by atoms with E-state index in [4.69, 9.17) is 14.2 Å². The van der Waals surface area contributed by atoms with Crippen LogP contribution in [-0.4, -0.2) is 70.4 Å². The number of fused-ring (bicyclic) bond motifs is 2. The Bertz CT molecular complexity index is 1420. The third kappa shape index (κ3) is 5.72. The minimum absolute atomic E-state index is 0.0855. The minimum atomic E-state index is -4.66. The second-order valence-corrected chi connectivity index (χ2v) is 11.0. The second kappa shape index (κ2) is 10.7. The van der Waals surface area contributed by atoms with Crippen molar-refractivity contribution in [2.75, 3.05) is 26.9 Å². The lowest BCUT2D eigenvalue weighted by Crippen LogP contribution is -2.48. The summed E-state index contributed by atoms with van der Waals surface area (Å²) >= 11 is 1.45. The van der Waals surface area contributed by atoms with Gasteiger partial charge >= 0.3 is 12.3 Å². The number of hydrogen-bond donors (Lipinski definition) is 1. The quantitative estimate of drug-likeness (QED) is 0.439. The normalized spacial score (nSPS) is 20.9. The van der Waals surface area contributed by atoms with Crippen LogP contribution in [0.1, 0.15) is 46.0 Å². The molecule has 14 heteroatoms. The van der Waals surface area contributed by atoms with Crippen LogP contribution in [0.2, 0.25) is 0 Å². The number of alkyl halides is 3. The Kier molecular flexibility index (Phi) is 7.40. The molecule has 0 saturated carbocycles. The number of ether oxygens (including phenoxy) is 3. The number of morpholine rings is 1. The fraction of sp³-hybridized carbons (Fsp3) is 0.423. The lowest BCUT2D eigenvalue weighted by atomic mass is 10.0. The summed E-state index contributed by atoms with van der Waals surface area (Å²) in [7, 11) is 1.34. The standard InChI is InChI=1S/C26H26F3N5O5S/c1-14-8-30-22(40-14)17-4-16(21(35)33-15(2)18-9-31-23(32-10-18)26(27,28)29)5-20(6-17)38-13-25-7-19(11-39-25)34(12-25)24(36)37-3/h4-6,8-10,15,19H,7,11-13H2,1-3H3,(H,33,35). The largest absolute Gasteiger partial charge is 0.490 e. The van der Waals surface area contributed by atoms with Crippen molar-refractivity contribution in [1.29, 1.82) is 0 Å². The van der Waals surface area contributed by atoms with Gasteiger partial charge in [-0.15, -0.1) is 11.3 Å². The average Bonchev–Trinajstić information content (AvgIpc) is 3.66. The summed E-state index contributed by atoms with van der Waals surface area (Å²) in [4.78, 5) is 39.1. The maximum atomic E-state index is 13.2. The summed E-state index contributed by atoms with van der Waals surface area (Å²) in [5, 5.41) is 3.46. The van der Waals surface area contributed by atoms with Crippen LogP contribution in [0.15, 0.2) is 36.8 Å². The molecule has 10 nitrogen and oxygen atoms in total. The summed E-state index contributed by atoms with van der Waals surface area (Å²) in [6.07, 6.45) is -0.660. The van der Waals surface area contributed by atoms with E-state index < -0.39 is 35.6 Å². The Labute approximate surface area is 231 Å². The highest BCUT2D eigenvalue weighted by molar-refractivity contribution is 7.14. The van der Waals surface area contributed by atoms with Gasteiger partial charge in [-0.25, -0.2) is 19.7 Å². The molecule has 3 aromatic rings. The van der Waals surface area contributed by atoms with Crippen LogP contribution in [0.3, 0.4) is 0 Å². The highest BCUT2D eigenvalue weighted by Gasteiger charge is 2.53. The van der Waals surface area contributed by atoms with Crippen LogP contribution in [0.25, 0.3) is 10.6 Å². The van der Waals surface area contributed by atoms with E-state index in [1.54, 1.807) is 36.2 Å². The zero-order valence-electron chi connectivity index (χ0n) is 21.8. The van der Waals surface area contributed by atoms with Gasteiger partial charge in [0.25, 0.3) is 5.91 Å². The molecule has 2 amide bonds. The van der Waals surface area contributed by atoms with E-state index in [1.165, 1.54) is 18.4 Å². The molecule has 2 aliphatic heterocycles. The van der Waals surface area contributed by atoms with Gasteiger partial charge in [-0.1, -0.05) is 0 Å². The topological polar surface area (TPSA) is 116 Å². The predicted octanol–water partition coefficient (Wildman–Crippen LogP) is 4.41. The maximum Gasteiger partial charge on any atom is 0.451 e. The number of carbonyl (C=O) groups excluding carboxylic acids is 2. The smallest absolute Gasteiger partial charge is 0.451 e.